The second-order valence-electron chi connectivity index (χ2n) is 5.27. The number of amides is 1. The Balaban J connectivity index is 1.78. The molecule has 1 aliphatic carbocycles. The highest BCUT2D eigenvalue weighted by Crippen LogP contribution is 2.32. The Morgan fingerprint density at radius 1 is 1.52 bits per heavy atom. The zero-order valence-electron chi connectivity index (χ0n) is 12.2. The Morgan fingerprint density at radius 3 is 2.90 bits per heavy atom. The van der Waals surface area contributed by atoms with E-state index in [2.05, 4.69) is 10.6 Å². The summed E-state index contributed by atoms with van der Waals surface area (Å²) in [6.45, 7) is 1.02. The Hall–Kier alpha value is -1.46. The van der Waals surface area contributed by atoms with E-state index >= 15 is 0 Å². The smallest absolute Gasteiger partial charge is 0.222 e. The maximum Gasteiger partial charge on any atom is 0.222 e. The van der Waals surface area contributed by atoms with Crippen LogP contribution in [0.15, 0.2) is 18.2 Å². The van der Waals surface area contributed by atoms with Crippen molar-refractivity contribution in [3.63, 3.8) is 0 Å². The van der Waals surface area contributed by atoms with E-state index in [9.17, 15) is 4.79 Å². The summed E-state index contributed by atoms with van der Waals surface area (Å²) in [6, 6.07) is 5.46. The number of ether oxygens (including phenoxy) is 1. The summed E-state index contributed by atoms with van der Waals surface area (Å²) in [5, 5.41) is 6.79. The normalized spacial score (nSPS) is 15.4. The van der Waals surface area contributed by atoms with Crippen LogP contribution in [0.1, 0.15) is 19.3 Å². The van der Waals surface area contributed by atoms with Crippen LogP contribution in [0.3, 0.4) is 0 Å². The molecule has 1 aliphatic rings. The number of nitrogens with one attached hydrogen (secondary N) is 2. The standard InChI is InChI=1S/C15H22ClN3O2/c1-21-14-5-4-11(16)8-12(14)18-7-6-15(20)19-13(9-17)10-2-3-10/h4-5,8,10,13,18H,2-3,6-7,9,17H2,1H3,(H,19,20). The molecular weight excluding hydrogens is 290 g/mol. The van der Waals surface area contributed by atoms with Gasteiger partial charge in [-0.25, -0.2) is 0 Å². The first-order valence-corrected chi connectivity index (χ1v) is 7.58. The topological polar surface area (TPSA) is 76.4 Å². The van der Waals surface area contributed by atoms with Crippen molar-refractivity contribution in [2.45, 2.75) is 25.3 Å². The van der Waals surface area contributed by atoms with Gasteiger partial charge in [0.15, 0.2) is 0 Å². The van der Waals surface area contributed by atoms with Crippen molar-refractivity contribution in [1.82, 2.24) is 5.32 Å². The summed E-state index contributed by atoms with van der Waals surface area (Å²) in [7, 11) is 1.60. The zero-order valence-corrected chi connectivity index (χ0v) is 13.0. The lowest BCUT2D eigenvalue weighted by atomic mass is 10.2. The molecule has 1 aromatic carbocycles. The molecule has 0 radical (unpaired) electrons. The summed E-state index contributed by atoms with van der Waals surface area (Å²) in [5.74, 6) is 1.29. The number of benzene rings is 1. The van der Waals surface area contributed by atoms with Crippen molar-refractivity contribution >= 4 is 23.2 Å². The van der Waals surface area contributed by atoms with Crippen molar-refractivity contribution in [2.24, 2.45) is 11.7 Å². The van der Waals surface area contributed by atoms with E-state index in [0.717, 1.165) is 5.69 Å². The number of carbonyl (C=O) groups is 1. The summed E-state index contributed by atoms with van der Waals surface area (Å²) in [6.07, 6.45) is 2.72. The number of halogens is 1. The minimum Gasteiger partial charge on any atom is -0.495 e. The molecule has 0 heterocycles. The lowest BCUT2D eigenvalue weighted by molar-refractivity contribution is -0.121. The maximum atomic E-state index is 11.9. The summed E-state index contributed by atoms with van der Waals surface area (Å²) >= 11 is 5.96. The molecule has 1 unspecified atom stereocenters. The molecule has 4 N–H and O–H groups in total. The van der Waals surface area contributed by atoms with Gasteiger partial charge in [0.05, 0.1) is 12.8 Å². The van der Waals surface area contributed by atoms with E-state index in [4.69, 9.17) is 22.1 Å². The second kappa shape index (κ2) is 7.52. The number of rotatable bonds is 8. The SMILES string of the molecule is COc1ccc(Cl)cc1NCCC(=O)NC(CN)C1CC1. The van der Waals surface area contributed by atoms with Gasteiger partial charge in [-0.1, -0.05) is 11.6 Å². The lowest BCUT2D eigenvalue weighted by Crippen LogP contribution is -2.42. The third-order valence-corrected chi connectivity index (χ3v) is 3.86. The summed E-state index contributed by atoms with van der Waals surface area (Å²) < 4.78 is 5.24. The molecule has 0 aromatic heterocycles. The van der Waals surface area contributed by atoms with Crippen LogP contribution in [0.2, 0.25) is 5.02 Å². The average Bonchev–Trinajstić information content (AvgIpc) is 3.29. The van der Waals surface area contributed by atoms with Crippen LogP contribution in [0.4, 0.5) is 5.69 Å². The lowest BCUT2D eigenvalue weighted by Gasteiger charge is -2.16. The van der Waals surface area contributed by atoms with Crippen molar-refractivity contribution in [1.29, 1.82) is 0 Å². The molecule has 5 nitrogen and oxygen atoms in total. The van der Waals surface area contributed by atoms with Gasteiger partial charge in [-0.2, -0.15) is 0 Å². The molecule has 0 aliphatic heterocycles. The number of methoxy groups -OCH3 is 1. The van der Waals surface area contributed by atoms with Gasteiger partial charge in [0.25, 0.3) is 0 Å². The molecule has 21 heavy (non-hydrogen) atoms. The van der Waals surface area contributed by atoms with Gasteiger partial charge in [0, 0.05) is 30.6 Å². The fourth-order valence-corrected chi connectivity index (χ4v) is 2.45. The highest BCUT2D eigenvalue weighted by atomic mass is 35.5. The van der Waals surface area contributed by atoms with Crippen molar-refractivity contribution in [3.05, 3.63) is 23.2 Å². The fourth-order valence-electron chi connectivity index (χ4n) is 2.28. The molecule has 1 aromatic rings. The predicted octanol–water partition coefficient (Wildman–Crippen LogP) is 2.00. The van der Waals surface area contributed by atoms with Gasteiger partial charge in [-0.15, -0.1) is 0 Å². The zero-order chi connectivity index (χ0) is 15.2. The molecule has 0 bridgehead atoms. The van der Waals surface area contributed by atoms with Crippen LogP contribution in [-0.4, -0.2) is 32.1 Å². The first-order valence-electron chi connectivity index (χ1n) is 7.21. The van der Waals surface area contributed by atoms with E-state index in [0.29, 0.717) is 36.2 Å². The molecule has 2 rings (SSSR count). The molecule has 1 saturated carbocycles. The minimum atomic E-state index is 0.0193. The first-order chi connectivity index (χ1) is 10.1. The average molecular weight is 312 g/mol. The highest BCUT2D eigenvalue weighted by molar-refractivity contribution is 6.30. The van der Waals surface area contributed by atoms with Gasteiger partial charge in [-0.3, -0.25) is 4.79 Å². The van der Waals surface area contributed by atoms with Crippen LogP contribution >= 0.6 is 11.6 Å². The molecule has 116 valence electrons. The Morgan fingerprint density at radius 2 is 2.29 bits per heavy atom. The highest BCUT2D eigenvalue weighted by Gasteiger charge is 2.30. The third-order valence-electron chi connectivity index (χ3n) is 3.62. The monoisotopic (exact) mass is 311 g/mol. The van der Waals surface area contributed by atoms with Crippen LogP contribution in [-0.2, 0) is 4.79 Å². The van der Waals surface area contributed by atoms with Crippen LogP contribution in [0.25, 0.3) is 0 Å². The maximum absolute atomic E-state index is 11.9. The number of carbonyl (C=O) groups excluding carboxylic acids is 1. The van der Waals surface area contributed by atoms with Crippen molar-refractivity contribution < 1.29 is 9.53 Å². The third kappa shape index (κ3) is 4.79. The summed E-state index contributed by atoms with van der Waals surface area (Å²) in [5.41, 5.74) is 6.46. The number of hydrogen-bond acceptors (Lipinski definition) is 4. The van der Waals surface area contributed by atoms with Gasteiger partial charge in [0.1, 0.15) is 5.75 Å². The van der Waals surface area contributed by atoms with Crippen LogP contribution in [0, 0.1) is 5.92 Å². The largest absolute Gasteiger partial charge is 0.495 e. The summed E-state index contributed by atoms with van der Waals surface area (Å²) in [4.78, 5) is 11.9. The number of nitrogens with two attached hydrogens (primary N) is 1. The Bertz CT molecular complexity index is 492. The minimum absolute atomic E-state index is 0.0193. The number of hydrogen-bond donors (Lipinski definition) is 3. The fraction of sp³-hybridized carbons (Fsp3) is 0.533. The Labute approximate surface area is 130 Å². The first kappa shape index (κ1) is 15.9. The van der Waals surface area contributed by atoms with E-state index in [1.54, 1.807) is 25.3 Å². The van der Waals surface area contributed by atoms with Crippen molar-refractivity contribution in [3.8, 4) is 5.75 Å². The molecule has 0 saturated heterocycles. The van der Waals surface area contributed by atoms with E-state index in [1.807, 2.05) is 0 Å². The van der Waals surface area contributed by atoms with E-state index in [1.165, 1.54) is 12.8 Å². The molecule has 1 fully saturated rings. The van der Waals surface area contributed by atoms with Gasteiger partial charge in [0.2, 0.25) is 5.91 Å². The number of anilines is 1. The molecule has 1 atom stereocenters. The van der Waals surface area contributed by atoms with E-state index in [-0.39, 0.29) is 11.9 Å². The second-order valence-corrected chi connectivity index (χ2v) is 5.70. The quantitative estimate of drug-likeness (QED) is 0.686. The predicted molar refractivity (Wildman–Crippen MR) is 84.8 cm³/mol. The molecule has 0 spiro atoms. The van der Waals surface area contributed by atoms with Gasteiger partial charge >= 0.3 is 0 Å². The van der Waals surface area contributed by atoms with Crippen LogP contribution in [0.5, 0.6) is 5.75 Å². The van der Waals surface area contributed by atoms with Crippen molar-refractivity contribution in [2.75, 3.05) is 25.5 Å². The van der Waals surface area contributed by atoms with Gasteiger partial charge < -0.3 is 21.1 Å². The Kier molecular flexibility index (Phi) is 5.70. The van der Waals surface area contributed by atoms with Crippen LogP contribution < -0.4 is 21.1 Å². The molecular formula is C15H22ClN3O2. The molecule has 6 heteroatoms. The van der Waals surface area contributed by atoms with E-state index < -0.39 is 0 Å². The van der Waals surface area contributed by atoms with Gasteiger partial charge in [-0.05, 0) is 37.0 Å². The molecule has 1 amide bonds.